The molecule has 0 heterocycles. The number of carbonyl (C=O) groups excluding carboxylic acids is 3. The number of nitrogens with two attached hydrogens (primary N) is 4. The Bertz CT molecular complexity index is 1030. The zero-order valence-electron chi connectivity index (χ0n) is 27.4. The van der Waals surface area contributed by atoms with Crippen molar-refractivity contribution in [3.8, 4) is 0 Å². The highest BCUT2D eigenvalue weighted by molar-refractivity contribution is 6.15. The van der Waals surface area contributed by atoms with E-state index in [9.17, 15) is 34.2 Å². The summed E-state index contributed by atoms with van der Waals surface area (Å²) in [5, 5.41) is 39.6. The van der Waals surface area contributed by atoms with E-state index in [0.29, 0.717) is 37.1 Å². The number of Topliss-reactive ketones (excluding diaryl/α,β-unsaturated/α-hetero) is 1. The molecule has 0 aliphatic heterocycles. The first-order chi connectivity index (χ1) is 21.6. The zero-order valence-corrected chi connectivity index (χ0v) is 27.4. The van der Waals surface area contributed by atoms with Gasteiger partial charge in [-0.25, -0.2) is 4.79 Å². The molecule has 0 aromatic heterocycles. The van der Waals surface area contributed by atoms with Crippen molar-refractivity contribution in [3.05, 3.63) is 0 Å². The number of amides is 2. The van der Waals surface area contributed by atoms with Gasteiger partial charge in [-0.2, -0.15) is 0 Å². The lowest BCUT2D eigenvalue weighted by atomic mass is 9.82. The SMILES string of the molecule is CCC(C)[C@H](N)CCCCC(=O)N(C(=O)[C@@H](N)CC(=O)O)[C@@](CCCNC(=N)N)(C(=O)O)C(=O)CCCCCCCCNC(=N)N. The largest absolute Gasteiger partial charge is 0.481 e. The van der Waals surface area contributed by atoms with Gasteiger partial charge in [-0.1, -0.05) is 52.4 Å². The summed E-state index contributed by atoms with van der Waals surface area (Å²) < 4.78 is 0. The Balaban J connectivity index is 6.10. The lowest BCUT2D eigenvalue weighted by molar-refractivity contribution is -0.172. The summed E-state index contributed by atoms with van der Waals surface area (Å²) in [6, 6.07) is -1.87. The van der Waals surface area contributed by atoms with E-state index in [1.807, 2.05) is 13.8 Å². The first-order valence-corrected chi connectivity index (χ1v) is 16.1. The lowest BCUT2D eigenvalue weighted by Crippen LogP contribution is -2.66. The van der Waals surface area contributed by atoms with Crippen molar-refractivity contribution in [1.29, 1.82) is 10.8 Å². The van der Waals surface area contributed by atoms with Crippen molar-refractivity contribution in [3.63, 3.8) is 0 Å². The Morgan fingerprint density at radius 2 is 1.33 bits per heavy atom. The van der Waals surface area contributed by atoms with Gasteiger partial charge >= 0.3 is 11.9 Å². The molecule has 0 rings (SSSR count). The zero-order chi connectivity index (χ0) is 35.3. The number of carboxylic acids is 2. The van der Waals surface area contributed by atoms with Crippen molar-refractivity contribution in [1.82, 2.24) is 15.5 Å². The molecular weight excluding hydrogens is 598 g/mol. The minimum atomic E-state index is -2.63. The van der Waals surface area contributed by atoms with Crippen LogP contribution < -0.4 is 33.6 Å². The smallest absolute Gasteiger partial charge is 0.337 e. The summed E-state index contributed by atoms with van der Waals surface area (Å²) in [6.07, 6.45) is 4.46. The van der Waals surface area contributed by atoms with Crippen molar-refractivity contribution in [2.75, 3.05) is 13.1 Å². The number of rotatable bonds is 26. The Morgan fingerprint density at radius 3 is 1.85 bits per heavy atom. The molecule has 46 heavy (non-hydrogen) atoms. The van der Waals surface area contributed by atoms with E-state index in [1.54, 1.807) is 0 Å². The molecule has 0 aromatic rings. The molecule has 0 aromatic carbocycles. The van der Waals surface area contributed by atoms with Gasteiger partial charge in [-0.05, 0) is 44.4 Å². The third-order valence-electron chi connectivity index (χ3n) is 8.11. The molecule has 16 heteroatoms. The highest BCUT2D eigenvalue weighted by Gasteiger charge is 2.55. The standard InChI is InChI=1S/C30H57N9O7/c1-3-20(2)21(31)13-9-10-15-24(41)39(26(44)22(32)19-25(42)43)30(27(45)46,16-12-18-38-29(35)36)23(40)14-8-6-4-5-7-11-17-37-28(33)34/h20-22H,3-19,31-32H2,1-2H3,(H,42,43)(H,45,46)(H4,33,34,37)(H4,35,36,38)/t20?,21-,22+,30-/m1/s1. The van der Waals surface area contributed by atoms with Crippen LogP contribution in [0.5, 0.6) is 0 Å². The van der Waals surface area contributed by atoms with Crippen molar-refractivity contribution in [2.24, 2.45) is 28.9 Å². The highest BCUT2D eigenvalue weighted by Crippen LogP contribution is 2.29. The number of aliphatic carboxylic acids is 2. The van der Waals surface area contributed by atoms with Crippen LogP contribution in [0.4, 0.5) is 0 Å². The topological polar surface area (TPSA) is 305 Å². The van der Waals surface area contributed by atoms with E-state index in [1.165, 1.54) is 0 Å². The quantitative estimate of drug-likeness (QED) is 0.0269. The van der Waals surface area contributed by atoms with Gasteiger partial charge in [0.05, 0.1) is 12.5 Å². The molecule has 1 unspecified atom stereocenters. The Morgan fingerprint density at radius 1 is 0.804 bits per heavy atom. The van der Waals surface area contributed by atoms with E-state index >= 15 is 0 Å². The molecule has 0 bridgehead atoms. The summed E-state index contributed by atoms with van der Waals surface area (Å²) in [6.45, 7) is 4.59. The van der Waals surface area contributed by atoms with Crippen molar-refractivity contribution in [2.45, 2.75) is 128 Å². The second-order valence-corrected chi connectivity index (χ2v) is 11.8. The van der Waals surface area contributed by atoms with Crippen LogP contribution in [-0.4, -0.2) is 87.3 Å². The maximum Gasteiger partial charge on any atom is 0.337 e. The number of carboxylic acid groups (broad SMARTS) is 2. The second-order valence-electron chi connectivity index (χ2n) is 11.8. The summed E-state index contributed by atoms with van der Waals surface area (Å²) >= 11 is 0. The molecule has 0 spiro atoms. The number of imide groups is 1. The van der Waals surface area contributed by atoms with Gasteiger partial charge in [0.2, 0.25) is 17.4 Å². The molecule has 14 N–H and O–H groups in total. The van der Waals surface area contributed by atoms with Gasteiger partial charge < -0.3 is 43.8 Å². The van der Waals surface area contributed by atoms with Crippen LogP contribution in [0.25, 0.3) is 0 Å². The number of guanidine groups is 2. The van der Waals surface area contributed by atoms with Crippen molar-refractivity contribution < 1.29 is 34.2 Å². The first kappa shape index (κ1) is 42.2. The Labute approximate surface area is 271 Å². The predicted octanol–water partition coefficient (Wildman–Crippen LogP) is 0.947. The van der Waals surface area contributed by atoms with Gasteiger partial charge in [0, 0.05) is 32.0 Å². The summed E-state index contributed by atoms with van der Waals surface area (Å²) in [7, 11) is 0. The van der Waals surface area contributed by atoms with Crippen LogP contribution in [0.3, 0.4) is 0 Å². The molecule has 0 saturated carbocycles. The van der Waals surface area contributed by atoms with E-state index in [0.717, 1.165) is 32.1 Å². The number of unbranched alkanes of at least 4 members (excludes halogenated alkanes) is 6. The number of nitrogens with one attached hydrogen (secondary N) is 4. The second kappa shape index (κ2) is 22.7. The maximum absolute atomic E-state index is 13.9. The van der Waals surface area contributed by atoms with Crippen molar-refractivity contribution >= 4 is 41.5 Å². The van der Waals surface area contributed by atoms with Crippen LogP contribution in [-0.2, 0) is 24.0 Å². The maximum atomic E-state index is 13.9. The molecule has 4 atom stereocenters. The lowest BCUT2D eigenvalue weighted by Gasteiger charge is -2.39. The fourth-order valence-corrected chi connectivity index (χ4v) is 5.13. The van der Waals surface area contributed by atoms with E-state index in [2.05, 4.69) is 10.6 Å². The molecule has 0 radical (unpaired) electrons. The molecule has 0 fully saturated rings. The summed E-state index contributed by atoms with van der Waals surface area (Å²) in [5.41, 5.74) is 20.0. The third-order valence-corrected chi connectivity index (χ3v) is 8.11. The number of carbonyl (C=O) groups is 5. The van der Waals surface area contributed by atoms with Crippen LogP contribution >= 0.6 is 0 Å². The third kappa shape index (κ3) is 15.5. The number of nitrogens with zero attached hydrogens (tertiary/aromatic N) is 1. The average molecular weight is 656 g/mol. The van der Waals surface area contributed by atoms with Crippen LogP contribution in [0, 0.1) is 16.7 Å². The molecule has 264 valence electrons. The Hall–Kier alpha value is -3.79. The fourth-order valence-electron chi connectivity index (χ4n) is 5.13. The van der Waals surface area contributed by atoms with E-state index in [4.69, 9.17) is 33.8 Å². The van der Waals surface area contributed by atoms with Gasteiger partial charge in [-0.15, -0.1) is 0 Å². The summed E-state index contributed by atoms with van der Waals surface area (Å²) in [4.78, 5) is 66.0. The molecule has 16 nitrogen and oxygen atoms in total. The van der Waals surface area contributed by atoms with Gasteiger partial charge in [0.25, 0.3) is 0 Å². The fraction of sp³-hybridized carbons (Fsp3) is 0.767. The average Bonchev–Trinajstić information content (AvgIpc) is 2.97. The summed E-state index contributed by atoms with van der Waals surface area (Å²) in [5.74, 6) is -6.42. The number of ketones is 1. The van der Waals surface area contributed by atoms with Crippen LogP contribution in [0.1, 0.15) is 110 Å². The monoisotopic (exact) mass is 655 g/mol. The minimum Gasteiger partial charge on any atom is -0.481 e. The molecule has 0 saturated heterocycles. The normalized spacial score (nSPS) is 14.3. The highest BCUT2D eigenvalue weighted by atomic mass is 16.4. The van der Waals surface area contributed by atoms with Gasteiger partial charge in [0.15, 0.2) is 17.7 Å². The molecular formula is C30H57N9O7. The van der Waals surface area contributed by atoms with E-state index < -0.39 is 54.0 Å². The minimum absolute atomic E-state index is 0.0129. The molecule has 2 amide bonds. The number of hydrogen-bond donors (Lipinski definition) is 10. The van der Waals surface area contributed by atoms with E-state index in [-0.39, 0.29) is 56.1 Å². The molecule has 0 aliphatic carbocycles. The first-order valence-electron chi connectivity index (χ1n) is 16.1. The number of hydrogen-bond acceptors (Lipinski definition) is 9. The van der Waals surface area contributed by atoms with Gasteiger partial charge in [0.1, 0.15) is 0 Å². The van der Waals surface area contributed by atoms with Gasteiger partial charge in [-0.3, -0.25) is 34.9 Å². The van der Waals surface area contributed by atoms with Crippen LogP contribution in [0.2, 0.25) is 0 Å². The predicted molar refractivity (Wildman–Crippen MR) is 175 cm³/mol. The molecule has 0 aliphatic rings. The Kier molecular flexibility index (Phi) is 20.8. The van der Waals surface area contributed by atoms with Crippen LogP contribution in [0.15, 0.2) is 0 Å².